The molecule has 2 amide bonds. The van der Waals surface area contributed by atoms with Crippen molar-refractivity contribution in [3.05, 3.63) is 60.2 Å². The van der Waals surface area contributed by atoms with Crippen LogP contribution < -0.4 is 9.64 Å². The van der Waals surface area contributed by atoms with Gasteiger partial charge in [0.1, 0.15) is 5.75 Å². The zero-order chi connectivity index (χ0) is 19.2. The molecule has 142 valence electrons. The van der Waals surface area contributed by atoms with Gasteiger partial charge in [0.15, 0.2) is 0 Å². The fraction of sp³-hybridized carbons (Fsp3) is 0.333. The van der Waals surface area contributed by atoms with Gasteiger partial charge in [-0.3, -0.25) is 9.59 Å². The first-order valence-electron chi connectivity index (χ1n) is 9.06. The van der Waals surface area contributed by atoms with Gasteiger partial charge in [-0.15, -0.1) is 0 Å². The monoisotopic (exact) mass is 367 g/mol. The molecule has 1 saturated heterocycles. The first-order valence-corrected chi connectivity index (χ1v) is 9.06. The maximum Gasteiger partial charge on any atom is 0.312 e. The number of piperazine rings is 1. The van der Waals surface area contributed by atoms with Gasteiger partial charge in [-0.1, -0.05) is 30.3 Å². The molecular formula is C21H25N3O3. The number of carbonyl (C=O) groups excluding carboxylic acids is 2. The summed E-state index contributed by atoms with van der Waals surface area (Å²) in [5.74, 6) is -0.0702. The minimum Gasteiger partial charge on any atom is -0.497 e. The van der Waals surface area contributed by atoms with Crippen molar-refractivity contribution in [2.45, 2.75) is 6.54 Å². The predicted molar refractivity (Wildman–Crippen MR) is 105 cm³/mol. The number of nitrogens with zero attached hydrogens (tertiary/aromatic N) is 3. The van der Waals surface area contributed by atoms with Crippen molar-refractivity contribution in [1.29, 1.82) is 0 Å². The Labute approximate surface area is 159 Å². The molecular weight excluding hydrogens is 342 g/mol. The molecule has 1 aliphatic rings. The van der Waals surface area contributed by atoms with E-state index in [1.54, 1.807) is 19.1 Å². The Kier molecular flexibility index (Phi) is 5.96. The number of likely N-dealkylation sites (N-methyl/N-ethyl adjacent to an activating group) is 1. The van der Waals surface area contributed by atoms with E-state index in [0.29, 0.717) is 32.7 Å². The number of methoxy groups -OCH3 is 1. The SMILES string of the molecule is COc1ccc(N2CCN(C(=O)C(=O)N(C)Cc3ccccc3)CC2)cc1. The van der Waals surface area contributed by atoms with E-state index in [-0.39, 0.29) is 0 Å². The molecule has 0 radical (unpaired) electrons. The van der Waals surface area contributed by atoms with Gasteiger partial charge in [0.2, 0.25) is 0 Å². The van der Waals surface area contributed by atoms with Gasteiger partial charge in [0.25, 0.3) is 0 Å². The highest BCUT2D eigenvalue weighted by Gasteiger charge is 2.28. The molecule has 0 aromatic heterocycles. The van der Waals surface area contributed by atoms with Gasteiger partial charge >= 0.3 is 11.8 Å². The van der Waals surface area contributed by atoms with E-state index in [0.717, 1.165) is 17.0 Å². The van der Waals surface area contributed by atoms with E-state index in [9.17, 15) is 9.59 Å². The van der Waals surface area contributed by atoms with Crippen molar-refractivity contribution in [3.8, 4) is 5.75 Å². The summed E-state index contributed by atoms with van der Waals surface area (Å²) in [7, 11) is 3.31. The Balaban J connectivity index is 1.53. The summed E-state index contributed by atoms with van der Waals surface area (Å²) in [5.41, 5.74) is 2.10. The van der Waals surface area contributed by atoms with Crippen LogP contribution in [0.4, 0.5) is 5.69 Å². The van der Waals surface area contributed by atoms with Crippen LogP contribution in [0.1, 0.15) is 5.56 Å². The van der Waals surface area contributed by atoms with E-state index in [1.165, 1.54) is 4.90 Å². The van der Waals surface area contributed by atoms with Gasteiger partial charge < -0.3 is 19.4 Å². The number of hydrogen-bond donors (Lipinski definition) is 0. The Morgan fingerprint density at radius 2 is 1.59 bits per heavy atom. The summed E-state index contributed by atoms with van der Waals surface area (Å²) < 4.78 is 5.18. The molecule has 0 saturated carbocycles. The largest absolute Gasteiger partial charge is 0.497 e. The second-order valence-electron chi connectivity index (χ2n) is 6.62. The first kappa shape index (κ1) is 18.8. The number of amides is 2. The highest BCUT2D eigenvalue weighted by Crippen LogP contribution is 2.20. The van der Waals surface area contributed by atoms with Crippen LogP contribution in [0.2, 0.25) is 0 Å². The fourth-order valence-corrected chi connectivity index (χ4v) is 3.19. The quantitative estimate of drug-likeness (QED) is 0.776. The van der Waals surface area contributed by atoms with Crippen LogP contribution >= 0.6 is 0 Å². The van der Waals surface area contributed by atoms with Gasteiger partial charge in [-0.05, 0) is 29.8 Å². The summed E-state index contributed by atoms with van der Waals surface area (Å²) >= 11 is 0. The zero-order valence-corrected chi connectivity index (χ0v) is 15.8. The maximum absolute atomic E-state index is 12.6. The molecule has 0 bridgehead atoms. The average molecular weight is 367 g/mol. The summed E-state index contributed by atoms with van der Waals surface area (Å²) in [5, 5.41) is 0. The molecule has 0 atom stereocenters. The van der Waals surface area contributed by atoms with Crippen LogP contribution in [0.15, 0.2) is 54.6 Å². The molecule has 2 aromatic carbocycles. The summed E-state index contributed by atoms with van der Waals surface area (Å²) in [6.45, 7) is 2.91. The summed E-state index contributed by atoms with van der Waals surface area (Å²) in [6, 6.07) is 17.5. The number of hydrogen-bond acceptors (Lipinski definition) is 4. The fourth-order valence-electron chi connectivity index (χ4n) is 3.19. The Morgan fingerprint density at radius 1 is 0.963 bits per heavy atom. The third-order valence-corrected chi connectivity index (χ3v) is 4.80. The van der Waals surface area contributed by atoms with Crippen LogP contribution in [0.25, 0.3) is 0 Å². The highest BCUT2D eigenvalue weighted by atomic mass is 16.5. The molecule has 6 heteroatoms. The van der Waals surface area contributed by atoms with Crippen molar-refractivity contribution in [3.63, 3.8) is 0 Å². The van der Waals surface area contributed by atoms with Crippen LogP contribution in [0.5, 0.6) is 5.75 Å². The van der Waals surface area contributed by atoms with Crippen molar-refractivity contribution < 1.29 is 14.3 Å². The van der Waals surface area contributed by atoms with Crippen LogP contribution in [0, 0.1) is 0 Å². The van der Waals surface area contributed by atoms with E-state index in [2.05, 4.69) is 4.90 Å². The lowest BCUT2D eigenvalue weighted by molar-refractivity contribution is -0.151. The van der Waals surface area contributed by atoms with Gasteiger partial charge in [0.05, 0.1) is 7.11 Å². The molecule has 27 heavy (non-hydrogen) atoms. The smallest absolute Gasteiger partial charge is 0.312 e. The number of anilines is 1. The third-order valence-electron chi connectivity index (χ3n) is 4.80. The van der Waals surface area contributed by atoms with Crippen LogP contribution in [0.3, 0.4) is 0 Å². The standard InChI is InChI=1S/C21H25N3O3/c1-22(16-17-6-4-3-5-7-17)20(25)21(26)24-14-12-23(13-15-24)18-8-10-19(27-2)11-9-18/h3-11H,12-16H2,1-2H3. The van der Waals surface area contributed by atoms with E-state index in [1.807, 2.05) is 54.6 Å². The summed E-state index contributed by atoms with van der Waals surface area (Å²) in [4.78, 5) is 30.4. The molecule has 0 aliphatic carbocycles. The van der Waals surface area contributed by atoms with E-state index < -0.39 is 11.8 Å². The number of ether oxygens (including phenoxy) is 1. The maximum atomic E-state index is 12.6. The van der Waals surface area contributed by atoms with Crippen molar-refractivity contribution in [1.82, 2.24) is 9.80 Å². The highest BCUT2D eigenvalue weighted by molar-refractivity contribution is 6.34. The molecule has 3 rings (SSSR count). The first-order chi connectivity index (χ1) is 13.1. The molecule has 0 unspecified atom stereocenters. The topological polar surface area (TPSA) is 53.1 Å². The van der Waals surface area contributed by atoms with Crippen LogP contribution in [-0.4, -0.2) is 62.0 Å². The van der Waals surface area contributed by atoms with Crippen molar-refractivity contribution in [2.75, 3.05) is 45.2 Å². The van der Waals surface area contributed by atoms with E-state index in [4.69, 9.17) is 4.74 Å². The van der Waals surface area contributed by atoms with Gasteiger partial charge in [-0.25, -0.2) is 0 Å². The normalized spacial score (nSPS) is 14.0. The lowest BCUT2D eigenvalue weighted by Gasteiger charge is -2.36. The lowest BCUT2D eigenvalue weighted by atomic mass is 10.2. The predicted octanol–water partition coefficient (Wildman–Crippen LogP) is 2.00. The Bertz CT molecular complexity index is 769. The molecule has 1 fully saturated rings. The second kappa shape index (κ2) is 8.58. The van der Waals surface area contributed by atoms with Crippen LogP contribution in [-0.2, 0) is 16.1 Å². The Morgan fingerprint density at radius 3 is 2.19 bits per heavy atom. The van der Waals surface area contributed by atoms with Crippen molar-refractivity contribution in [2.24, 2.45) is 0 Å². The number of benzene rings is 2. The molecule has 0 spiro atoms. The Hall–Kier alpha value is -3.02. The average Bonchev–Trinajstić information content (AvgIpc) is 2.73. The molecule has 1 aliphatic heterocycles. The lowest BCUT2D eigenvalue weighted by Crippen LogP contribution is -2.52. The second-order valence-corrected chi connectivity index (χ2v) is 6.62. The summed E-state index contributed by atoms with van der Waals surface area (Å²) in [6.07, 6.45) is 0. The minimum absolute atomic E-state index is 0.428. The van der Waals surface area contributed by atoms with E-state index >= 15 is 0 Å². The van der Waals surface area contributed by atoms with Gasteiger partial charge in [-0.2, -0.15) is 0 Å². The molecule has 1 heterocycles. The third kappa shape index (κ3) is 4.58. The minimum atomic E-state index is -0.461. The van der Waals surface area contributed by atoms with Crippen molar-refractivity contribution >= 4 is 17.5 Å². The molecule has 2 aromatic rings. The molecule has 6 nitrogen and oxygen atoms in total. The van der Waals surface area contributed by atoms with Gasteiger partial charge in [0, 0.05) is 45.5 Å². The number of rotatable bonds is 4. The zero-order valence-electron chi connectivity index (χ0n) is 15.8. The molecule has 0 N–H and O–H groups in total. The number of carbonyl (C=O) groups is 2.